The predicted octanol–water partition coefficient (Wildman–Crippen LogP) is 2.69. The van der Waals surface area contributed by atoms with E-state index in [2.05, 4.69) is 6.92 Å². The molecule has 0 fully saturated rings. The van der Waals surface area contributed by atoms with Crippen LogP contribution >= 0.6 is 0 Å². The summed E-state index contributed by atoms with van der Waals surface area (Å²) >= 11 is 0. The van der Waals surface area contributed by atoms with E-state index >= 15 is 0 Å². The number of benzene rings is 1. The minimum absolute atomic E-state index is 0.159. The lowest BCUT2D eigenvalue weighted by molar-refractivity contribution is 0.0581. The molecule has 2 N–H and O–H groups in total. The number of ether oxygens (including phenoxy) is 1. The maximum absolute atomic E-state index is 12.3. The lowest BCUT2D eigenvalue weighted by atomic mass is 9.93. The highest BCUT2D eigenvalue weighted by atomic mass is 16.5. The lowest BCUT2D eigenvalue weighted by Crippen LogP contribution is -2.50. The summed E-state index contributed by atoms with van der Waals surface area (Å²) in [6.07, 6.45) is 0.982. The number of carbonyl (C=O) groups excluding carboxylic acids is 1. The van der Waals surface area contributed by atoms with Gasteiger partial charge in [0, 0.05) is 5.56 Å². The molecule has 0 spiro atoms. The second kappa shape index (κ2) is 4.85. The van der Waals surface area contributed by atoms with Crippen LogP contribution in [0.15, 0.2) is 18.2 Å². The number of hydrazine groups is 1. The first-order valence-electron chi connectivity index (χ1n) is 6.66. The van der Waals surface area contributed by atoms with E-state index in [4.69, 9.17) is 10.6 Å². The van der Waals surface area contributed by atoms with Gasteiger partial charge in [-0.25, -0.2) is 5.84 Å². The molecule has 19 heavy (non-hydrogen) atoms. The summed E-state index contributed by atoms with van der Waals surface area (Å²) in [5.74, 6) is 7.03. The Labute approximate surface area is 114 Å². The number of nitrogens with zero attached hydrogens (tertiary/aromatic N) is 1. The number of carbonyl (C=O) groups is 1. The molecule has 4 heteroatoms. The van der Waals surface area contributed by atoms with Crippen LogP contribution in [0, 0.1) is 0 Å². The summed E-state index contributed by atoms with van der Waals surface area (Å²) in [4.78, 5) is 12.3. The normalized spacial score (nSPS) is 18.5. The maximum Gasteiger partial charge on any atom is 0.268 e. The van der Waals surface area contributed by atoms with E-state index in [1.807, 2.05) is 32.9 Å². The molecule has 2 rings (SSSR count). The van der Waals surface area contributed by atoms with Crippen LogP contribution in [0.25, 0.3) is 0 Å². The van der Waals surface area contributed by atoms with E-state index in [9.17, 15) is 4.79 Å². The lowest BCUT2D eigenvalue weighted by Gasteiger charge is -2.31. The number of hydrogen-bond donors (Lipinski definition) is 1. The first-order chi connectivity index (χ1) is 8.80. The Morgan fingerprint density at radius 3 is 2.74 bits per heavy atom. The van der Waals surface area contributed by atoms with Gasteiger partial charge < -0.3 is 4.74 Å². The van der Waals surface area contributed by atoms with Crippen LogP contribution in [0.5, 0.6) is 5.75 Å². The highest BCUT2D eigenvalue weighted by molar-refractivity contribution is 5.94. The highest BCUT2D eigenvalue weighted by Crippen LogP contribution is 2.34. The molecule has 1 aliphatic heterocycles. The van der Waals surface area contributed by atoms with Crippen molar-refractivity contribution in [3.8, 4) is 5.75 Å². The zero-order valence-electron chi connectivity index (χ0n) is 12.1. The van der Waals surface area contributed by atoms with Crippen molar-refractivity contribution in [3.63, 3.8) is 0 Å². The van der Waals surface area contributed by atoms with Gasteiger partial charge in [-0.1, -0.05) is 6.92 Å². The van der Waals surface area contributed by atoms with E-state index in [0.29, 0.717) is 11.5 Å². The molecule has 104 valence electrons. The van der Waals surface area contributed by atoms with Crippen molar-refractivity contribution in [2.75, 3.05) is 6.61 Å². The molecule has 0 saturated heterocycles. The average molecular weight is 262 g/mol. The fourth-order valence-electron chi connectivity index (χ4n) is 2.14. The van der Waals surface area contributed by atoms with Gasteiger partial charge in [0.25, 0.3) is 5.91 Å². The summed E-state index contributed by atoms with van der Waals surface area (Å²) in [7, 11) is 0. The van der Waals surface area contributed by atoms with Crippen LogP contribution in [0.2, 0.25) is 0 Å². The van der Waals surface area contributed by atoms with Crippen molar-refractivity contribution >= 4 is 5.91 Å². The Hall–Kier alpha value is -1.55. The smallest absolute Gasteiger partial charge is 0.268 e. The summed E-state index contributed by atoms with van der Waals surface area (Å²) in [6.45, 7) is 8.63. The van der Waals surface area contributed by atoms with Gasteiger partial charge in [0.2, 0.25) is 0 Å². The van der Waals surface area contributed by atoms with Crippen molar-refractivity contribution < 1.29 is 9.53 Å². The molecule has 1 atom stereocenters. The summed E-state index contributed by atoms with van der Waals surface area (Å²) in [5.41, 5.74) is 1.32. The Morgan fingerprint density at radius 1 is 1.42 bits per heavy atom. The van der Waals surface area contributed by atoms with Crippen LogP contribution in [0.3, 0.4) is 0 Å². The topological polar surface area (TPSA) is 55.6 Å². The summed E-state index contributed by atoms with van der Waals surface area (Å²) in [5, 5.41) is 1.28. The van der Waals surface area contributed by atoms with E-state index in [0.717, 1.165) is 24.3 Å². The van der Waals surface area contributed by atoms with Crippen LogP contribution in [-0.4, -0.2) is 23.1 Å². The van der Waals surface area contributed by atoms with Crippen molar-refractivity contribution in [1.29, 1.82) is 0 Å². The molecule has 0 radical (unpaired) electrons. The van der Waals surface area contributed by atoms with E-state index in [-0.39, 0.29) is 5.91 Å². The van der Waals surface area contributed by atoms with Gasteiger partial charge in [0.1, 0.15) is 5.75 Å². The van der Waals surface area contributed by atoms with Crippen LogP contribution < -0.4 is 10.6 Å². The number of hydrogen-bond acceptors (Lipinski definition) is 3. The third kappa shape index (κ3) is 2.73. The van der Waals surface area contributed by atoms with Gasteiger partial charge in [0.15, 0.2) is 0 Å². The zero-order valence-corrected chi connectivity index (χ0v) is 12.1. The fraction of sp³-hybridized carbons (Fsp3) is 0.533. The molecule has 1 aliphatic rings. The Kier molecular flexibility index (Phi) is 3.54. The Morgan fingerprint density at radius 2 is 2.11 bits per heavy atom. The molecule has 0 aromatic heterocycles. The van der Waals surface area contributed by atoms with Crippen LogP contribution in [0.4, 0.5) is 0 Å². The van der Waals surface area contributed by atoms with Crippen molar-refractivity contribution in [2.24, 2.45) is 5.84 Å². The first-order valence-corrected chi connectivity index (χ1v) is 6.66. The molecule has 1 aromatic rings. The fourth-order valence-corrected chi connectivity index (χ4v) is 2.14. The van der Waals surface area contributed by atoms with E-state index in [1.54, 1.807) is 6.07 Å². The minimum atomic E-state index is -0.394. The molecule has 1 amide bonds. The second-order valence-corrected chi connectivity index (χ2v) is 6.14. The monoisotopic (exact) mass is 262 g/mol. The SMILES string of the molecule is CC1CCOc2ccc(C(=O)N(N)C(C)(C)C)cc21. The van der Waals surface area contributed by atoms with Gasteiger partial charge >= 0.3 is 0 Å². The van der Waals surface area contributed by atoms with Gasteiger partial charge in [-0.2, -0.15) is 0 Å². The van der Waals surface area contributed by atoms with Crippen molar-refractivity contribution in [1.82, 2.24) is 5.01 Å². The first kappa shape index (κ1) is 13.9. The third-order valence-electron chi connectivity index (χ3n) is 3.54. The Balaban J connectivity index is 2.32. The molecule has 1 aromatic carbocycles. The largest absolute Gasteiger partial charge is 0.493 e. The molecule has 0 bridgehead atoms. The molecule has 4 nitrogen and oxygen atoms in total. The summed E-state index contributed by atoms with van der Waals surface area (Å²) < 4.78 is 5.60. The van der Waals surface area contributed by atoms with Gasteiger partial charge in [0.05, 0.1) is 12.1 Å². The number of rotatable bonds is 1. The zero-order chi connectivity index (χ0) is 14.2. The molecule has 0 aliphatic carbocycles. The average Bonchev–Trinajstić information content (AvgIpc) is 2.36. The van der Waals surface area contributed by atoms with Crippen molar-refractivity contribution in [3.05, 3.63) is 29.3 Å². The van der Waals surface area contributed by atoms with E-state index < -0.39 is 5.54 Å². The van der Waals surface area contributed by atoms with Crippen LogP contribution in [-0.2, 0) is 0 Å². The van der Waals surface area contributed by atoms with Gasteiger partial charge in [-0.05, 0) is 56.9 Å². The number of fused-ring (bicyclic) bond motifs is 1. The number of nitrogens with two attached hydrogens (primary N) is 1. The van der Waals surface area contributed by atoms with Gasteiger partial charge in [-0.15, -0.1) is 0 Å². The van der Waals surface area contributed by atoms with E-state index in [1.165, 1.54) is 5.01 Å². The molecular formula is C15H22N2O2. The molecule has 1 unspecified atom stereocenters. The maximum atomic E-state index is 12.3. The Bertz CT molecular complexity index is 491. The standard InChI is InChI=1S/C15H22N2O2/c1-10-7-8-19-13-6-5-11(9-12(10)13)14(18)17(16)15(2,3)4/h5-6,9-10H,7-8,16H2,1-4H3. The van der Waals surface area contributed by atoms with Crippen LogP contribution in [0.1, 0.15) is 56.0 Å². The third-order valence-corrected chi connectivity index (χ3v) is 3.54. The second-order valence-electron chi connectivity index (χ2n) is 6.14. The summed E-state index contributed by atoms with van der Waals surface area (Å²) in [6, 6.07) is 5.56. The van der Waals surface area contributed by atoms with Gasteiger partial charge in [-0.3, -0.25) is 9.80 Å². The number of amides is 1. The predicted molar refractivity (Wildman–Crippen MR) is 75.1 cm³/mol. The minimum Gasteiger partial charge on any atom is -0.493 e. The quantitative estimate of drug-likeness (QED) is 0.481. The molecular weight excluding hydrogens is 240 g/mol. The molecule has 1 heterocycles. The van der Waals surface area contributed by atoms with Crippen molar-refractivity contribution in [2.45, 2.75) is 45.6 Å². The highest BCUT2D eigenvalue weighted by Gasteiger charge is 2.26. The molecule has 0 saturated carbocycles.